The number of hydrogen-bond donors (Lipinski definition) is 0. The molecule has 0 aliphatic carbocycles. The summed E-state index contributed by atoms with van der Waals surface area (Å²) in [6.07, 6.45) is 0.982. The molecule has 1 aliphatic rings. The predicted molar refractivity (Wildman–Crippen MR) is 81.6 cm³/mol. The van der Waals surface area contributed by atoms with Crippen LogP contribution in [0.3, 0.4) is 0 Å². The van der Waals surface area contributed by atoms with E-state index in [4.69, 9.17) is 11.6 Å². The molecule has 0 bridgehead atoms. The van der Waals surface area contributed by atoms with Crippen molar-refractivity contribution in [3.8, 4) is 0 Å². The van der Waals surface area contributed by atoms with E-state index in [0.717, 1.165) is 19.5 Å². The molecule has 0 saturated carbocycles. The number of halogens is 1. The Morgan fingerprint density at radius 3 is 2.57 bits per heavy atom. The number of nitrogens with zero attached hydrogens (tertiary/aromatic N) is 2. The number of amides is 1. The van der Waals surface area contributed by atoms with E-state index < -0.39 is 4.92 Å². The van der Waals surface area contributed by atoms with Crippen LogP contribution in [0, 0.1) is 21.4 Å². The molecule has 114 valence electrons. The van der Waals surface area contributed by atoms with Gasteiger partial charge < -0.3 is 4.90 Å². The Labute approximate surface area is 129 Å². The van der Waals surface area contributed by atoms with Crippen LogP contribution in [0.4, 0.5) is 5.69 Å². The Hall–Kier alpha value is -1.62. The van der Waals surface area contributed by atoms with Gasteiger partial charge in [-0.05, 0) is 29.9 Å². The van der Waals surface area contributed by atoms with E-state index in [9.17, 15) is 14.9 Å². The summed E-state index contributed by atoms with van der Waals surface area (Å²) in [4.78, 5) is 24.4. The van der Waals surface area contributed by atoms with Crippen LogP contribution in [0.5, 0.6) is 0 Å². The largest absolute Gasteiger partial charge is 0.338 e. The third-order valence-corrected chi connectivity index (χ3v) is 4.39. The summed E-state index contributed by atoms with van der Waals surface area (Å²) in [5.41, 5.74) is 0.393. The molecule has 1 aromatic carbocycles. The van der Waals surface area contributed by atoms with Gasteiger partial charge in [-0.3, -0.25) is 14.9 Å². The van der Waals surface area contributed by atoms with Crippen LogP contribution in [-0.2, 0) is 0 Å². The molecule has 0 radical (unpaired) electrons. The summed E-state index contributed by atoms with van der Waals surface area (Å²) < 4.78 is 0. The fourth-order valence-corrected chi connectivity index (χ4v) is 2.87. The number of nitro benzene ring substituents is 1. The van der Waals surface area contributed by atoms with Gasteiger partial charge in [-0.15, -0.1) is 0 Å². The Kier molecular flexibility index (Phi) is 4.23. The highest BCUT2D eigenvalue weighted by Crippen LogP contribution is 2.34. The number of rotatable bonds is 2. The van der Waals surface area contributed by atoms with Gasteiger partial charge in [-0.25, -0.2) is 0 Å². The maximum Gasteiger partial charge on any atom is 0.287 e. The van der Waals surface area contributed by atoms with Gasteiger partial charge in [0.05, 0.1) is 4.92 Å². The molecule has 5 nitrogen and oxygen atoms in total. The van der Waals surface area contributed by atoms with E-state index in [2.05, 4.69) is 20.8 Å². The Morgan fingerprint density at radius 2 is 2.10 bits per heavy atom. The van der Waals surface area contributed by atoms with Gasteiger partial charge in [0.15, 0.2) is 0 Å². The summed E-state index contributed by atoms with van der Waals surface area (Å²) in [6.45, 7) is 7.96. The molecule has 1 aromatic rings. The van der Waals surface area contributed by atoms with Gasteiger partial charge in [0.2, 0.25) is 0 Å². The lowest BCUT2D eigenvalue weighted by molar-refractivity contribution is -0.384. The number of carbonyl (C=O) groups is 1. The second-order valence-electron chi connectivity index (χ2n) is 6.53. The molecule has 2 rings (SSSR count). The van der Waals surface area contributed by atoms with Crippen LogP contribution >= 0.6 is 11.6 Å². The molecule has 1 amide bonds. The lowest BCUT2D eigenvalue weighted by Gasteiger charge is -2.27. The molecule has 1 heterocycles. The first-order valence-corrected chi connectivity index (χ1v) is 7.31. The summed E-state index contributed by atoms with van der Waals surface area (Å²) in [6, 6.07) is 4.13. The molecule has 21 heavy (non-hydrogen) atoms. The second-order valence-corrected chi connectivity index (χ2v) is 6.93. The smallest absolute Gasteiger partial charge is 0.287 e. The second kappa shape index (κ2) is 5.64. The van der Waals surface area contributed by atoms with Crippen molar-refractivity contribution in [1.82, 2.24) is 4.90 Å². The minimum absolute atomic E-state index is 0.00239. The van der Waals surface area contributed by atoms with E-state index in [0.29, 0.717) is 11.5 Å². The molecule has 1 atom stereocenters. The molecule has 1 fully saturated rings. The average Bonchev–Trinajstić information content (AvgIpc) is 2.86. The van der Waals surface area contributed by atoms with E-state index in [1.54, 1.807) is 4.90 Å². The summed E-state index contributed by atoms with van der Waals surface area (Å²) in [5.74, 6) is 0.355. The third-order valence-electron chi connectivity index (χ3n) is 4.09. The molecular weight excluding hydrogens is 292 g/mol. The monoisotopic (exact) mass is 310 g/mol. The van der Waals surface area contributed by atoms with Gasteiger partial charge >= 0.3 is 0 Å². The standard InChI is InChI=1S/C15H19ClN2O3/c1-15(2,3)11-6-7-17(9-11)14(19)10-4-5-13(18(20)21)12(16)8-10/h4-5,8,11H,6-7,9H2,1-3H3. The van der Waals surface area contributed by atoms with Crippen molar-refractivity contribution in [2.45, 2.75) is 27.2 Å². The number of likely N-dealkylation sites (tertiary alicyclic amines) is 1. The molecule has 1 saturated heterocycles. The maximum atomic E-state index is 12.5. The number of carbonyl (C=O) groups excluding carboxylic acids is 1. The highest BCUT2D eigenvalue weighted by Gasteiger charge is 2.34. The quantitative estimate of drug-likeness (QED) is 0.617. The van der Waals surface area contributed by atoms with Crippen LogP contribution in [0.2, 0.25) is 5.02 Å². The highest BCUT2D eigenvalue weighted by atomic mass is 35.5. The SMILES string of the molecule is CC(C)(C)C1CCN(C(=O)c2ccc([N+](=O)[O-])c(Cl)c2)C1. The summed E-state index contributed by atoms with van der Waals surface area (Å²) in [5, 5.41) is 10.7. The molecule has 0 aromatic heterocycles. The summed E-state index contributed by atoms with van der Waals surface area (Å²) in [7, 11) is 0. The van der Waals surface area contributed by atoms with Gasteiger partial charge in [-0.2, -0.15) is 0 Å². The molecule has 1 unspecified atom stereocenters. The number of nitro groups is 1. The van der Waals surface area contributed by atoms with E-state index in [1.165, 1.54) is 18.2 Å². The van der Waals surface area contributed by atoms with Gasteiger partial charge in [0, 0.05) is 24.7 Å². The Balaban J connectivity index is 2.15. The summed E-state index contributed by atoms with van der Waals surface area (Å²) >= 11 is 5.86. The van der Waals surface area contributed by atoms with Crippen molar-refractivity contribution >= 4 is 23.2 Å². The molecular formula is C15H19ClN2O3. The average molecular weight is 311 g/mol. The first-order chi connectivity index (χ1) is 9.70. The van der Waals surface area contributed by atoms with Gasteiger partial charge in [0.1, 0.15) is 5.02 Å². The van der Waals surface area contributed by atoms with E-state index >= 15 is 0 Å². The van der Waals surface area contributed by atoms with Crippen molar-refractivity contribution in [2.24, 2.45) is 11.3 Å². The van der Waals surface area contributed by atoms with Crippen molar-refractivity contribution in [2.75, 3.05) is 13.1 Å². The first-order valence-electron chi connectivity index (χ1n) is 6.93. The number of benzene rings is 1. The van der Waals surface area contributed by atoms with Crippen LogP contribution in [0.15, 0.2) is 18.2 Å². The lowest BCUT2D eigenvalue weighted by Crippen LogP contribution is -2.31. The van der Waals surface area contributed by atoms with Gasteiger partial charge in [-0.1, -0.05) is 32.4 Å². The molecule has 6 heteroatoms. The minimum Gasteiger partial charge on any atom is -0.338 e. The molecule has 0 spiro atoms. The topological polar surface area (TPSA) is 63.5 Å². The van der Waals surface area contributed by atoms with Crippen LogP contribution in [-0.4, -0.2) is 28.8 Å². The minimum atomic E-state index is -0.553. The van der Waals surface area contributed by atoms with Gasteiger partial charge in [0.25, 0.3) is 11.6 Å². The fraction of sp³-hybridized carbons (Fsp3) is 0.533. The molecule has 0 N–H and O–H groups in total. The van der Waals surface area contributed by atoms with Crippen molar-refractivity contribution in [3.63, 3.8) is 0 Å². The van der Waals surface area contributed by atoms with Crippen molar-refractivity contribution in [3.05, 3.63) is 38.9 Å². The zero-order valence-electron chi connectivity index (χ0n) is 12.4. The van der Waals surface area contributed by atoms with Crippen LogP contribution < -0.4 is 0 Å². The predicted octanol–water partition coefficient (Wildman–Crippen LogP) is 3.76. The highest BCUT2D eigenvalue weighted by molar-refractivity contribution is 6.33. The van der Waals surface area contributed by atoms with E-state index in [1.807, 2.05) is 0 Å². The van der Waals surface area contributed by atoms with Crippen LogP contribution in [0.25, 0.3) is 0 Å². The lowest BCUT2D eigenvalue weighted by atomic mass is 9.80. The van der Waals surface area contributed by atoms with Crippen molar-refractivity contribution in [1.29, 1.82) is 0 Å². The molecule has 1 aliphatic heterocycles. The normalized spacial score (nSPS) is 18.9. The Bertz CT molecular complexity index is 581. The first kappa shape index (κ1) is 15.8. The Morgan fingerprint density at radius 1 is 1.43 bits per heavy atom. The van der Waals surface area contributed by atoms with Crippen LogP contribution in [0.1, 0.15) is 37.6 Å². The number of hydrogen-bond acceptors (Lipinski definition) is 3. The zero-order valence-corrected chi connectivity index (χ0v) is 13.2. The third kappa shape index (κ3) is 3.35. The fourth-order valence-electron chi connectivity index (χ4n) is 2.62. The van der Waals surface area contributed by atoms with Crippen molar-refractivity contribution < 1.29 is 9.72 Å². The zero-order chi connectivity index (χ0) is 15.8. The maximum absolute atomic E-state index is 12.5. The van der Waals surface area contributed by atoms with E-state index in [-0.39, 0.29) is 22.0 Å².